The van der Waals surface area contributed by atoms with Gasteiger partial charge in [-0.3, -0.25) is 9.59 Å². The lowest BCUT2D eigenvalue weighted by Gasteiger charge is -2.16. The molecular formula is C27H26N2O2. The molecule has 0 spiro atoms. The van der Waals surface area contributed by atoms with Crippen molar-refractivity contribution < 1.29 is 9.59 Å². The van der Waals surface area contributed by atoms with Crippen molar-refractivity contribution in [3.63, 3.8) is 0 Å². The summed E-state index contributed by atoms with van der Waals surface area (Å²) in [5, 5.41) is 3.28. The van der Waals surface area contributed by atoms with Gasteiger partial charge < -0.3 is 5.32 Å². The number of carbonyl (C=O) groups excluding carboxylic acids is 2. The highest BCUT2D eigenvalue weighted by molar-refractivity contribution is 6.46. The number of rotatable bonds is 5. The predicted octanol–water partition coefficient (Wildman–Crippen LogP) is 5.57. The Kier molecular flexibility index (Phi) is 5.47. The van der Waals surface area contributed by atoms with Gasteiger partial charge in [0.1, 0.15) is 5.70 Å². The minimum absolute atomic E-state index is 0.308. The van der Waals surface area contributed by atoms with E-state index in [4.69, 9.17) is 0 Å². The number of anilines is 2. The molecule has 0 saturated heterocycles. The van der Waals surface area contributed by atoms with Crippen LogP contribution in [-0.4, -0.2) is 11.8 Å². The first-order valence-corrected chi connectivity index (χ1v) is 10.5. The van der Waals surface area contributed by atoms with Crippen molar-refractivity contribution in [2.24, 2.45) is 0 Å². The Morgan fingerprint density at radius 2 is 1.48 bits per heavy atom. The van der Waals surface area contributed by atoms with Crippen LogP contribution in [0.25, 0.3) is 5.57 Å². The van der Waals surface area contributed by atoms with Crippen LogP contribution in [-0.2, 0) is 16.0 Å². The Morgan fingerprint density at radius 3 is 2.13 bits per heavy atom. The third-order valence-electron chi connectivity index (χ3n) is 5.89. The van der Waals surface area contributed by atoms with E-state index in [0.717, 1.165) is 39.9 Å². The zero-order valence-corrected chi connectivity index (χ0v) is 18.3. The number of imide groups is 1. The lowest BCUT2D eigenvalue weighted by atomic mass is 10.0. The van der Waals surface area contributed by atoms with E-state index < -0.39 is 0 Å². The van der Waals surface area contributed by atoms with Crippen LogP contribution in [0, 0.1) is 20.8 Å². The van der Waals surface area contributed by atoms with Gasteiger partial charge in [-0.25, -0.2) is 4.90 Å². The summed E-state index contributed by atoms with van der Waals surface area (Å²) in [6, 6.07) is 21.2. The van der Waals surface area contributed by atoms with Gasteiger partial charge in [0.2, 0.25) is 0 Å². The Hall–Kier alpha value is -3.66. The number of nitrogens with one attached hydrogen (secondary N) is 1. The molecule has 0 atom stereocenters. The van der Waals surface area contributed by atoms with Crippen LogP contribution in [0.15, 0.2) is 72.4 Å². The fraction of sp³-hybridized carbons (Fsp3) is 0.185. The predicted molar refractivity (Wildman–Crippen MR) is 126 cm³/mol. The molecule has 1 aliphatic rings. The van der Waals surface area contributed by atoms with E-state index >= 15 is 0 Å². The Labute approximate surface area is 183 Å². The maximum atomic E-state index is 13.5. The van der Waals surface area contributed by atoms with E-state index in [1.807, 2.05) is 87.5 Å². The average Bonchev–Trinajstić information content (AvgIpc) is 3.01. The fourth-order valence-electron chi connectivity index (χ4n) is 3.77. The van der Waals surface area contributed by atoms with Gasteiger partial charge in [0.05, 0.1) is 11.3 Å². The Balaban J connectivity index is 1.82. The number of aryl methyl sites for hydroxylation is 3. The SMILES string of the molecule is CCc1ccc(N2C(=O)C(Nc3cccc(C)c3C)=C(c3ccc(C)cc3)C2=O)cc1. The van der Waals surface area contributed by atoms with Crippen molar-refractivity contribution in [2.45, 2.75) is 34.1 Å². The molecule has 0 aromatic heterocycles. The highest BCUT2D eigenvalue weighted by atomic mass is 16.2. The number of hydrogen-bond donors (Lipinski definition) is 1. The molecular weight excluding hydrogens is 384 g/mol. The molecule has 31 heavy (non-hydrogen) atoms. The van der Waals surface area contributed by atoms with Gasteiger partial charge in [0, 0.05) is 5.69 Å². The number of benzene rings is 3. The lowest BCUT2D eigenvalue weighted by molar-refractivity contribution is -0.120. The highest BCUT2D eigenvalue weighted by Gasteiger charge is 2.40. The van der Waals surface area contributed by atoms with E-state index in [0.29, 0.717) is 17.0 Å². The zero-order chi connectivity index (χ0) is 22.1. The van der Waals surface area contributed by atoms with Crippen LogP contribution in [0.1, 0.15) is 34.7 Å². The maximum Gasteiger partial charge on any atom is 0.282 e. The molecule has 1 aliphatic heterocycles. The molecule has 0 unspecified atom stereocenters. The molecule has 0 radical (unpaired) electrons. The maximum absolute atomic E-state index is 13.5. The summed E-state index contributed by atoms with van der Waals surface area (Å²) >= 11 is 0. The minimum atomic E-state index is -0.342. The van der Waals surface area contributed by atoms with Crippen molar-refractivity contribution in [3.05, 3.63) is 100 Å². The van der Waals surface area contributed by atoms with Gasteiger partial charge in [-0.1, -0.05) is 61.0 Å². The van der Waals surface area contributed by atoms with E-state index in [9.17, 15) is 9.59 Å². The Morgan fingerprint density at radius 1 is 0.806 bits per heavy atom. The van der Waals surface area contributed by atoms with Crippen LogP contribution >= 0.6 is 0 Å². The molecule has 0 aliphatic carbocycles. The molecule has 4 heteroatoms. The summed E-state index contributed by atoms with van der Waals surface area (Å²) in [7, 11) is 0. The lowest BCUT2D eigenvalue weighted by Crippen LogP contribution is -2.32. The third-order valence-corrected chi connectivity index (χ3v) is 5.89. The van der Waals surface area contributed by atoms with E-state index in [-0.39, 0.29) is 11.8 Å². The smallest absolute Gasteiger partial charge is 0.282 e. The molecule has 0 saturated carbocycles. The van der Waals surface area contributed by atoms with Gasteiger partial charge in [0.25, 0.3) is 11.8 Å². The van der Waals surface area contributed by atoms with E-state index in [1.54, 1.807) is 0 Å². The van der Waals surface area contributed by atoms with Crippen LogP contribution in [0.2, 0.25) is 0 Å². The fourth-order valence-corrected chi connectivity index (χ4v) is 3.77. The number of carbonyl (C=O) groups is 2. The van der Waals surface area contributed by atoms with Gasteiger partial charge in [-0.05, 0) is 67.6 Å². The van der Waals surface area contributed by atoms with E-state index in [1.165, 1.54) is 4.90 Å². The second kappa shape index (κ2) is 8.23. The van der Waals surface area contributed by atoms with Crippen LogP contribution in [0.3, 0.4) is 0 Å². The second-order valence-corrected chi connectivity index (χ2v) is 7.95. The summed E-state index contributed by atoms with van der Waals surface area (Å²) in [4.78, 5) is 28.3. The molecule has 1 heterocycles. The largest absolute Gasteiger partial charge is 0.350 e. The summed E-state index contributed by atoms with van der Waals surface area (Å²) in [6.45, 7) is 8.10. The molecule has 3 aromatic rings. The summed E-state index contributed by atoms with van der Waals surface area (Å²) in [5.41, 5.74) is 7.24. The molecule has 156 valence electrons. The molecule has 4 nitrogen and oxygen atoms in total. The van der Waals surface area contributed by atoms with E-state index in [2.05, 4.69) is 12.2 Å². The van der Waals surface area contributed by atoms with Crippen molar-refractivity contribution >= 4 is 28.8 Å². The monoisotopic (exact) mass is 410 g/mol. The molecule has 3 aromatic carbocycles. The van der Waals surface area contributed by atoms with Gasteiger partial charge in [-0.2, -0.15) is 0 Å². The van der Waals surface area contributed by atoms with Gasteiger partial charge in [-0.15, -0.1) is 0 Å². The standard InChI is InChI=1S/C27H26N2O2/c1-5-20-11-15-22(16-12-20)29-26(30)24(21-13-9-17(2)10-14-21)25(27(29)31)28-23-8-6-7-18(3)19(23)4/h6-16,28H,5H2,1-4H3. The Bertz CT molecular complexity index is 1190. The van der Waals surface area contributed by atoms with Crippen molar-refractivity contribution in [2.75, 3.05) is 10.2 Å². The summed E-state index contributed by atoms with van der Waals surface area (Å²) < 4.78 is 0. The average molecular weight is 411 g/mol. The number of hydrogen-bond acceptors (Lipinski definition) is 3. The van der Waals surface area contributed by atoms with Crippen molar-refractivity contribution in [1.82, 2.24) is 0 Å². The number of amides is 2. The minimum Gasteiger partial charge on any atom is -0.350 e. The zero-order valence-electron chi connectivity index (χ0n) is 18.3. The molecule has 4 rings (SSSR count). The molecule has 0 fully saturated rings. The van der Waals surface area contributed by atoms with Crippen LogP contribution in [0.4, 0.5) is 11.4 Å². The molecule has 0 bridgehead atoms. The highest BCUT2D eigenvalue weighted by Crippen LogP contribution is 2.34. The normalized spacial score (nSPS) is 13.9. The first kappa shape index (κ1) is 20.6. The van der Waals surface area contributed by atoms with Gasteiger partial charge in [0.15, 0.2) is 0 Å². The summed E-state index contributed by atoms with van der Waals surface area (Å²) in [5.74, 6) is -0.656. The van der Waals surface area contributed by atoms with Gasteiger partial charge >= 0.3 is 0 Å². The summed E-state index contributed by atoms with van der Waals surface area (Å²) in [6.07, 6.45) is 0.897. The first-order valence-electron chi connectivity index (χ1n) is 10.5. The van der Waals surface area contributed by atoms with Crippen molar-refractivity contribution in [1.29, 1.82) is 0 Å². The van der Waals surface area contributed by atoms with Crippen LogP contribution < -0.4 is 10.2 Å². The topological polar surface area (TPSA) is 49.4 Å². The molecule has 2 amide bonds. The first-order chi connectivity index (χ1) is 14.9. The van der Waals surface area contributed by atoms with Crippen molar-refractivity contribution in [3.8, 4) is 0 Å². The molecule has 1 N–H and O–H groups in total. The van der Waals surface area contributed by atoms with Crippen LogP contribution in [0.5, 0.6) is 0 Å². The number of nitrogens with zero attached hydrogens (tertiary/aromatic N) is 1. The second-order valence-electron chi connectivity index (χ2n) is 7.95. The third kappa shape index (κ3) is 3.77. The quantitative estimate of drug-likeness (QED) is 0.559.